The van der Waals surface area contributed by atoms with Crippen molar-refractivity contribution < 1.29 is 4.42 Å². The highest BCUT2D eigenvalue weighted by Crippen LogP contribution is 2.41. The Kier molecular flexibility index (Phi) is 8.38. The van der Waals surface area contributed by atoms with Crippen molar-refractivity contribution in [2.75, 3.05) is 0 Å². The number of furan rings is 1. The number of hydrogen-bond acceptors (Lipinski definition) is 5. The third-order valence-corrected chi connectivity index (χ3v) is 11.6. The van der Waals surface area contributed by atoms with Crippen LogP contribution in [-0.2, 0) is 0 Å². The predicted molar refractivity (Wildman–Crippen MR) is 251 cm³/mol. The summed E-state index contributed by atoms with van der Waals surface area (Å²) in [5, 5.41) is 9.88. The zero-order chi connectivity index (χ0) is 41.0. The number of nitrogens with zero attached hydrogens (tertiary/aromatic N) is 5. The van der Waals surface area contributed by atoms with Gasteiger partial charge in [-0.1, -0.05) is 176 Å². The van der Waals surface area contributed by atoms with Gasteiger partial charge >= 0.3 is 0 Å². The van der Waals surface area contributed by atoms with Crippen LogP contribution in [0.15, 0.2) is 217 Å². The second kappa shape index (κ2) is 14.7. The quantitative estimate of drug-likeness (QED) is 0.161. The van der Waals surface area contributed by atoms with Crippen LogP contribution in [0.1, 0.15) is 0 Å². The van der Waals surface area contributed by atoms with Gasteiger partial charge in [-0.05, 0) is 58.5 Å². The summed E-state index contributed by atoms with van der Waals surface area (Å²) in [5.41, 5.74) is 13.8. The number of pyridine rings is 1. The summed E-state index contributed by atoms with van der Waals surface area (Å²) in [6, 6.07) is 73.4. The van der Waals surface area contributed by atoms with E-state index in [1.54, 1.807) is 0 Å². The molecule has 12 aromatic rings. The largest absolute Gasteiger partial charge is 0.456 e. The summed E-state index contributed by atoms with van der Waals surface area (Å²) < 4.78 is 8.25. The molecule has 0 bridgehead atoms. The van der Waals surface area contributed by atoms with E-state index in [0.29, 0.717) is 17.5 Å². The zero-order valence-electron chi connectivity index (χ0n) is 33.4. The first kappa shape index (κ1) is 35.5. The van der Waals surface area contributed by atoms with Crippen LogP contribution in [0.2, 0.25) is 0 Å². The van der Waals surface area contributed by atoms with Gasteiger partial charge in [0.15, 0.2) is 17.5 Å². The molecule has 0 aliphatic carbocycles. The Morgan fingerprint density at radius 3 is 1.58 bits per heavy atom. The Bertz CT molecular complexity index is 3630. The summed E-state index contributed by atoms with van der Waals surface area (Å²) in [5.74, 6) is 1.78. The predicted octanol–water partition coefficient (Wildman–Crippen LogP) is 14.2. The number of rotatable bonds is 7. The minimum Gasteiger partial charge on any atom is -0.456 e. The van der Waals surface area contributed by atoms with E-state index in [0.717, 1.165) is 99.7 Å². The molecule has 0 N–H and O–H groups in total. The van der Waals surface area contributed by atoms with Crippen molar-refractivity contribution in [2.24, 2.45) is 0 Å². The van der Waals surface area contributed by atoms with Gasteiger partial charge < -0.3 is 4.42 Å². The van der Waals surface area contributed by atoms with Gasteiger partial charge in [0, 0.05) is 49.5 Å². The fourth-order valence-corrected chi connectivity index (χ4v) is 8.68. The van der Waals surface area contributed by atoms with E-state index in [4.69, 9.17) is 24.5 Å². The summed E-state index contributed by atoms with van der Waals surface area (Å²) >= 11 is 0. The zero-order valence-corrected chi connectivity index (χ0v) is 33.4. The van der Waals surface area contributed by atoms with Crippen molar-refractivity contribution in [3.63, 3.8) is 0 Å². The molecular weight excluding hydrogens is 759 g/mol. The van der Waals surface area contributed by atoms with Gasteiger partial charge in [0.2, 0.25) is 0 Å². The molecule has 12 rings (SSSR count). The Morgan fingerprint density at radius 2 is 0.855 bits per heavy atom. The summed E-state index contributed by atoms with van der Waals surface area (Å²) in [6.45, 7) is 0. The first-order valence-corrected chi connectivity index (χ1v) is 20.7. The highest BCUT2D eigenvalue weighted by atomic mass is 16.3. The average molecular weight is 794 g/mol. The van der Waals surface area contributed by atoms with Gasteiger partial charge in [0.05, 0.1) is 11.2 Å². The first-order chi connectivity index (χ1) is 30.7. The van der Waals surface area contributed by atoms with E-state index in [9.17, 15) is 0 Å². The Labute approximate surface area is 357 Å². The maximum absolute atomic E-state index is 6.13. The third-order valence-electron chi connectivity index (χ3n) is 11.6. The van der Waals surface area contributed by atoms with Crippen LogP contribution in [-0.4, -0.2) is 24.6 Å². The van der Waals surface area contributed by atoms with E-state index in [2.05, 4.69) is 162 Å². The molecule has 0 aliphatic heterocycles. The van der Waals surface area contributed by atoms with Crippen molar-refractivity contribution >= 4 is 38.2 Å². The van der Waals surface area contributed by atoms with Crippen LogP contribution in [0.4, 0.5) is 0 Å². The van der Waals surface area contributed by atoms with Crippen molar-refractivity contribution in [1.82, 2.24) is 24.6 Å². The second-order valence-corrected chi connectivity index (χ2v) is 15.5. The number of fused-ring (bicyclic) bond motifs is 6. The SMILES string of the molecule is c1ccc(-c2nc(-c3cccc(-c4ccc5oc6ccccc6c5c4)c3)nc(-c3cccc(-c4cc5ccccc5c5c(-c6ccccc6)c(-c6ccccc6)nn45)c3)n2)cc1. The minimum atomic E-state index is 0.583. The van der Waals surface area contributed by atoms with Crippen LogP contribution >= 0.6 is 0 Å². The molecule has 4 heterocycles. The Hall–Kier alpha value is -8.48. The van der Waals surface area contributed by atoms with Crippen LogP contribution in [0.5, 0.6) is 0 Å². The summed E-state index contributed by atoms with van der Waals surface area (Å²) in [4.78, 5) is 15.4. The smallest absolute Gasteiger partial charge is 0.164 e. The molecule has 290 valence electrons. The van der Waals surface area contributed by atoms with Crippen molar-refractivity contribution in [2.45, 2.75) is 0 Å². The maximum atomic E-state index is 6.13. The van der Waals surface area contributed by atoms with Crippen LogP contribution in [0.25, 0.3) is 117 Å². The fourth-order valence-electron chi connectivity index (χ4n) is 8.68. The van der Waals surface area contributed by atoms with Crippen LogP contribution in [0, 0.1) is 0 Å². The minimum absolute atomic E-state index is 0.583. The lowest BCUT2D eigenvalue weighted by atomic mass is 9.97. The molecule has 0 radical (unpaired) electrons. The van der Waals surface area contributed by atoms with E-state index in [1.807, 2.05) is 54.6 Å². The molecule has 0 saturated carbocycles. The normalized spacial score (nSPS) is 11.5. The van der Waals surface area contributed by atoms with E-state index in [-0.39, 0.29) is 0 Å². The molecule has 6 heteroatoms. The summed E-state index contributed by atoms with van der Waals surface area (Å²) in [6.07, 6.45) is 0. The lowest BCUT2D eigenvalue weighted by molar-refractivity contribution is 0.669. The molecule has 0 fully saturated rings. The Balaban J connectivity index is 1.02. The maximum Gasteiger partial charge on any atom is 0.164 e. The van der Waals surface area contributed by atoms with Gasteiger partial charge in [-0.25, -0.2) is 19.5 Å². The molecule has 0 spiro atoms. The molecule has 6 nitrogen and oxygen atoms in total. The first-order valence-electron chi connectivity index (χ1n) is 20.7. The average Bonchev–Trinajstić information content (AvgIpc) is 3.94. The molecule has 0 saturated heterocycles. The molecule has 0 amide bonds. The number of para-hydroxylation sites is 1. The van der Waals surface area contributed by atoms with Gasteiger partial charge in [-0.15, -0.1) is 0 Å². The second-order valence-electron chi connectivity index (χ2n) is 15.5. The van der Waals surface area contributed by atoms with Crippen LogP contribution in [0.3, 0.4) is 0 Å². The molecule has 4 aromatic heterocycles. The van der Waals surface area contributed by atoms with Gasteiger partial charge in [-0.2, -0.15) is 5.10 Å². The number of aromatic nitrogens is 5. The molecule has 0 atom stereocenters. The highest BCUT2D eigenvalue weighted by Gasteiger charge is 2.22. The molecular formula is C56H35N5O. The highest BCUT2D eigenvalue weighted by molar-refractivity contribution is 6.09. The number of hydrogen-bond donors (Lipinski definition) is 0. The van der Waals surface area contributed by atoms with E-state index in [1.165, 1.54) is 0 Å². The van der Waals surface area contributed by atoms with Crippen LogP contribution < -0.4 is 0 Å². The van der Waals surface area contributed by atoms with E-state index < -0.39 is 0 Å². The standard InChI is InChI=1S/C56H35N5O/c1-4-16-36(17-5-1)51-52(37-18-6-2-7-19-37)60-61-48(35-41-22-10-11-27-45(41)53(51)61)42-24-15-26-44(33-42)56-58-54(38-20-8-3-9-21-38)57-55(59-56)43-25-14-23-39(32-43)40-30-31-50-47(34-40)46-28-12-13-29-49(46)62-50/h1-35H. The van der Waals surface area contributed by atoms with Crippen molar-refractivity contribution in [1.29, 1.82) is 0 Å². The lowest BCUT2D eigenvalue weighted by Crippen LogP contribution is -2.01. The monoisotopic (exact) mass is 793 g/mol. The topological polar surface area (TPSA) is 69.1 Å². The third kappa shape index (κ3) is 6.13. The van der Waals surface area contributed by atoms with Gasteiger partial charge in [0.1, 0.15) is 16.9 Å². The lowest BCUT2D eigenvalue weighted by Gasteiger charge is -2.12. The molecule has 0 unspecified atom stereocenters. The molecule has 0 aliphatic rings. The number of benzene rings is 8. The van der Waals surface area contributed by atoms with E-state index >= 15 is 0 Å². The van der Waals surface area contributed by atoms with Crippen molar-refractivity contribution in [3.8, 4) is 78.9 Å². The van der Waals surface area contributed by atoms with Gasteiger partial charge in [-0.3, -0.25) is 0 Å². The fraction of sp³-hybridized carbons (Fsp3) is 0. The summed E-state index contributed by atoms with van der Waals surface area (Å²) in [7, 11) is 0. The Morgan fingerprint density at radius 1 is 0.339 bits per heavy atom. The molecule has 62 heavy (non-hydrogen) atoms. The van der Waals surface area contributed by atoms with Crippen molar-refractivity contribution in [3.05, 3.63) is 212 Å². The molecule has 8 aromatic carbocycles. The van der Waals surface area contributed by atoms with Gasteiger partial charge in [0.25, 0.3) is 0 Å².